The van der Waals surface area contributed by atoms with Crippen molar-refractivity contribution in [1.82, 2.24) is 9.97 Å². The van der Waals surface area contributed by atoms with Crippen LogP contribution >= 0.6 is 0 Å². The van der Waals surface area contributed by atoms with Gasteiger partial charge in [-0.15, -0.1) is 0 Å². The summed E-state index contributed by atoms with van der Waals surface area (Å²) < 4.78 is 92.1. The number of nitrogens with zero attached hydrogens (tertiary/aromatic N) is 2. The van der Waals surface area contributed by atoms with Gasteiger partial charge in [-0.2, -0.15) is 26.6 Å². The average Bonchev–Trinajstić information content (AvgIpc) is 2.86. The van der Waals surface area contributed by atoms with E-state index in [0.717, 1.165) is 0 Å². The number of aromatic nitrogens is 2. The maximum absolute atomic E-state index is 14.0. The third kappa shape index (κ3) is 7.07. The zero-order chi connectivity index (χ0) is 28.4. The second kappa shape index (κ2) is 11.0. The summed E-state index contributed by atoms with van der Waals surface area (Å²) in [6, 6.07) is 18.3. The lowest BCUT2D eigenvalue weighted by atomic mass is 10.0. The van der Waals surface area contributed by atoms with Crippen molar-refractivity contribution in [3.05, 3.63) is 95.8 Å². The molecule has 2 unspecified atom stereocenters. The number of anilines is 1. The van der Waals surface area contributed by atoms with Crippen LogP contribution in [-0.2, 0) is 16.5 Å². The highest BCUT2D eigenvalue weighted by Gasteiger charge is 2.43. The van der Waals surface area contributed by atoms with Gasteiger partial charge in [-0.1, -0.05) is 60.7 Å². The van der Waals surface area contributed by atoms with Crippen LogP contribution in [0.15, 0.2) is 78.9 Å². The molecule has 0 aliphatic carbocycles. The van der Waals surface area contributed by atoms with Gasteiger partial charge in [0.1, 0.15) is 11.2 Å². The van der Waals surface area contributed by atoms with E-state index in [0.29, 0.717) is 22.3 Å². The van der Waals surface area contributed by atoms with Crippen molar-refractivity contribution in [3.8, 4) is 28.3 Å². The molecule has 4 rings (SSSR count). The summed E-state index contributed by atoms with van der Waals surface area (Å²) in [7, 11) is -4.42. The lowest BCUT2D eigenvalue weighted by Gasteiger charge is -2.22. The Labute approximate surface area is 221 Å². The molecule has 3 aromatic carbocycles. The molecule has 13 heteroatoms. The first-order chi connectivity index (χ1) is 18.3. The van der Waals surface area contributed by atoms with Crippen LogP contribution in [0.3, 0.4) is 0 Å². The molecule has 8 nitrogen and oxygen atoms in total. The molecule has 0 spiro atoms. The molecule has 0 saturated heterocycles. The maximum atomic E-state index is 14.0. The van der Waals surface area contributed by atoms with Crippen LogP contribution in [0.25, 0.3) is 22.4 Å². The van der Waals surface area contributed by atoms with E-state index in [-0.39, 0.29) is 23.6 Å². The second-order valence-electron chi connectivity index (χ2n) is 8.58. The molecule has 0 radical (unpaired) electrons. The number of alkyl halides is 3. The van der Waals surface area contributed by atoms with Gasteiger partial charge in [0.15, 0.2) is 0 Å². The first kappa shape index (κ1) is 28.0. The first-order valence-electron chi connectivity index (χ1n) is 11.3. The van der Waals surface area contributed by atoms with Gasteiger partial charge in [-0.25, -0.2) is 9.37 Å². The Morgan fingerprint density at radius 1 is 0.897 bits per heavy atom. The monoisotopic (exact) mass is 562 g/mol. The van der Waals surface area contributed by atoms with E-state index in [1.54, 1.807) is 6.07 Å². The molecule has 5 N–H and O–H groups in total. The molecule has 2 atom stereocenters. The molecule has 0 bridgehead atoms. The predicted octanol–water partition coefficient (Wildman–Crippen LogP) is 4.93. The molecular weight excluding hydrogens is 540 g/mol. The minimum Gasteiger partial charge on any atom is -0.460 e. The molecule has 4 aromatic rings. The Hall–Kier alpha value is -4.07. The quantitative estimate of drug-likeness (QED) is 0.203. The second-order valence-corrected chi connectivity index (χ2v) is 10.2. The first-order valence-corrected chi connectivity index (χ1v) is 12.8. The number of ether oxygens (including phenoxy) is 1. The van der Waals surface area contributed by atoms with E-state index in [1.165, 1.54) is 72.8 Å². The van der Waals surface area contributed by atoms with Gasteiger partial charge in [0, 0.05) is 23.6 Å². The smallest absolute Gasteiger partial charge is 0.429 e. The average molecular weight is 563 g/mol. The van der Waals surface area contributed by atoms with Crippen molar-refractivity contribution in [1.29, 1.82) is 0 Å². The number of nitrogens with two attached hydrogens (primary N) is 2. The standard InChI is InChI=1S/C26H22F4N4O4S/c27-20-3-1-2-19(13-20)16-8-10-18(11-9-16)24(26(28,29)30)38-23-14-21(33-25(32)34-23)17-6-4-15(5-7-17)12-22(31)39(35,36)37/h1-11,13-14,22,24H,12,31H2,(H2,32,33,34)(H,35,36,37). The van der Waals surface area contributed by atoms with E-state index in [2.05, 4.69) is 9.97 Å². The summed E-state index contributed by atoms with van der Waals surface area (Å²) in [4.78, 5) is 7.83. The molecule has 0 aliphatic rings. The minimum absolute atomic E-state index is 0.158. The molecule has 0 amide bonds. The third-order valence-corrected chi connectivity index (χ3v) is 6.63. The summed E-state index contributed by atoms with van der Waals surface area (Å²) in [6.45, 7) is 0. The van der Waals surface area contributed by atoms with Gasteiger partial charge < -0.3 is 16.2 Å². The number of nitrogen functional groups attached to an aromatic ring is 1. The molecule has 1 heterocycles. The van der Waals surface area contributed by atoms with Crippen LogP contribution in [0, 0.1) is 5.82 Å². The lowest BCUT2D eigenvalue weighted by molar-refractivity contribution is -0.198. The molecule has 0 aliphatic heterocycles. The molecule has 1 aromatic heterocycles. The fourth-order valence-electron chi connectivity index (χ4n) is 3.76. The molecule has 39 heavy (non-hydrogen) atoms. The van der Waals surface area contributed by atoms with Crippen molar-refractivity contribution < 1.29 is 35.3 Å². The number of hydrogen-bond acceptors (Lipinski definition) is 7. The topological polar surface area (TPSA) is 141 Å². The molecular formula is C26H22F4N4O4S. The summed E-state index contributed by atoms with van der Waals surface area (Å²) in [6.07, 6.45) is -7.36. The number of halogens is 4. The van der Waals surface area contributed by atoms with E-state index >= 15 is 0 Å². The molecule has 204 valence electrons. The van der Waals surface area contributed by atoms with E-state index in [1.807, 2.05) is 0 Å². The Balaban J connectivity index is 1.58. The zero-order valence-electron chi connectivity index (χ0n) is 20.0. The third-order valence-electron chi connectivity index (χ3n) is 5.70. The Bertz CT molecular complexity index is 1560. The van der Waals surface area contributed by atoms with Crippen molar-refractivity contribution in [2.75, 3.05) is 5.73 Å². The predicted molar refractivity (Wildman–Crippen MR) is 136 cm³/mol. The maximum Gasteiger partial charge on any atom is 0.429 e. The zero-order valence-corrected chi connectivity index (χ0v) is 20.8. The van der Waals surface area contributed by atoms with Gasteiger partial charge in [-0.3, -0.25) is 4.55 Å². The van der Waals surface area contributed by atoms with Gasteiger partial charge >= 0.3 is 6.18 Å². The van der Waals surface area contributed by atoms with E-state index in [9.17, 15) is 26.0 Å². The molecule has 0 fully saturated rings. The highest BCUT2D eigenvalue weighted by Crippen LogP contribution is 2.38. The van der Waals surface area contributed by atoms with Crippen LogP contribution in [0.5, 0.6) is 5.88 Å². The summed E-state index contributed by atoms with van der Waals surface area (Å²) in [5, 5.41) is -1.51. The van der Waals surface area contributed by atoms with Crippen LogP contribution in [0.1, 0.15) is 17.2 Å². The highest BCUT2D eigenvalue weighted by molar-refractivity contribution is 7.86. The van der Waals surface area contributed by atoms with Gasteiger partial charge in [0.05, 0.1) is 5.69 Å². The normalized spacial score (nSPS) is 13.6. The van der Waals surface area contributed by atoms with E-state index < -0.39 is 39.5 Å². The van der Waals surface area contributed by atoms with Crippen molar-refractivity contribution >= 4 is 16.1 Å². The number of benzene rings is 3. The van der Waals surface area contributed by atoms with Crippen LogP contribution < -0.4 is 16.2 Å². The highest BCUT2D eigenvalue weighted by atomic mass is 32.2. The van der Waals surface area contributed by atoms with Gasteiger partial charge in [0.2, 0.25) is 17.9 Å². The summed E-state index contributed by atoms with van der Waals surface area (Å²) in [5.74, 6) is -1.23. The fraction of sp³-hybridized carbons (Fsp3) is 0.154. The number of rotatable bonds is 8. The Kier molecular flexibility index (Phi) is 7.86. The van der Waals surface area contributed by atoms with E-state index in [4.69, 9.17) is 20.8 Å². The Morgan fingerprint density at radius 2 is 1.54 bits per heavy atom. The van der Waals surface area contributed by atoms with Crippen LogP contribution in [0.4, 0.5) is 23.5 Å². The largest absolute Gasteiger partial charge is 0.460 e. The summed E-state index contributed by atoms with van der Waals surface area (Å²) >= 11 is 0. The summed E-state index contributed by atoms with van der Waals surface area (Å²) in [5.41, 5.74) is 13.1. The lowest BCUT2D eigenvalue weighted by Crippen LogP contribution is -2.32. The van der Waals surface area contributed by atoms with Crippen molar-refractivity contribution in [2.24, 2.45) is 5.73 Å². The molecule has 0 saturated carbocycles. The number of hydrogen-bond donors (Lipinski definition) is 3. The van der Waals surface area contributed by atoms with Crippen LogP contribution in [0.2, 0.25) is 0 Å². The van der Waals surface area contributed by atoms with Gasteiger partial charge in [0.25, 0.3) is 10.1 Å². The fourth-order valence-corrected chi connectivity index (χ4v) is 4.17. The van der Waals surface area contributed by atoms with Crippen molar-refractivity contribution in [2.45, 2.75) is 24.1 Å². The minimum atomic E-state index is -4.81. The van der Waals surface area contributed by atoms with Gasteiger partial charge in [-0.05, 0) is 28.8 Å². The SMILES string of the molecule is Nc1nc(OC(c2ccc(-c3cccc(F)c3)cc2)C(F)(F)F)cc(-c2ccc(CC(N)S(=O)(=O)O)cc2)n1. The Morgan fingerprint density at radius 3 is 2.13 bits per heavy atom. The van der Waals surface area contributed by atoms with Crippen LogP contribution in [-0.4, -0.2) is 34.5 Å². The van der Waals surface area contributed by atoms with Crippen molar-refractivity contribution in [3.63, 3.8) is 0 Å².